The predicted octanol–water partition coefficient (Wildman–Crippen LogP) is 8.52. The van der Waals surface area contributed by atoms with Crippen molar-refractivity contribution in [2.45, 2.75) is 44.9 Å². The molecule has 0 atom stereocenters. The number of hydrogen-bond donors (Lipinski definition) is 0. The number of carbonyl (C=O) groups is 2. The number of pyridine rings is 1. The van der Waals surface area contributed by atoms with E-state index in [-0.39, 0.29) is 22.8 Å². The molecule has 6 heteroatoms. The van der Waals surface area contributed by atoms with Gasteiger partial charge in [0.05, 0.1) is 18.2 Å². The van der Waals surface area contributed by atoms with Crippen LogP contribution in [0.1, 0.15) is 64.6 Å². The molecule has 0 aliphatic heterocycles. The maximum absolute atomic E-state index is 13.7. The number of hydrogen-bond acceptors (Lipinski definition) is 5. The molecule has 3 aromatic carbocycles. The van der Waals surface area contributed by atoms with Crippen LogP contribution in [0.5, 0.6) is 5.75 Å². The first-order chi connectivity index (χ1) is 19.8. The Balaban J connectivity index is 1.43. The van der Waals surface area contributed by atoms with Gasteiger partial charge in [-0.1, -0.05) is 19.1 Å². The number of nitrogens with zero attached hydrogens (tertiary/aromatic N) is 1. The molecule has 41 heavy (non-hydrogen) atoms. The van der Waals surface area contributed by atoms with E-state index in [2.05, 4.69) is 4.98 Å². The minimum absolute atomic E-state index is 0.0103. The summed E-state index contributed by atoms with van der Waals surface area (Å²) in [6.07, 6.45) is 4.29. The molecule has 6 rings (SSSR count). The Hall–Kier alpha value is -4.58. The number of methoxy groups -OCH3 is 1. The van der Waals surface area contributed by atoms with Crippen LogP contribution in [0.15, 0.2) is 83.4 Å². The summed E-state index contributed by atoms with van der Waals surface area (Å²) in [6, 6.07) is 21.3. The molecule has 206 valence electrons. The van der Waals surface area contributed by atoms with Crippen molar-refractivity contribution in [3.8, 4) is 28.2 Å². The average molecular weight is 548 g/mol. The van der Waals surface area contributed by atoms with Gasteiger partial charge in [0.1, 0.15) is 22.9 Å². The van der Waals surface area contributed by atoms with Crippen LogP contribution < -0.4 is 4.74 Å². The number of halogens is 1. The molecule has 2 heterocycles. The van der Waals surface area contributed by atoms with Crippen molar-refractivity contribution < 1.29 is 23.1 Å². The standard InChI is InChI=1S/C35H30FNO4/c1-4-28(38)33-27-18-23(10-13-30(27)41-34(33)22-8-11-24(36)12-9-22)25-19-26(31(40-3)17-21(25)2)29(39)20-35(14-15-35)32-7-5-6-16-37-32/h5-13,16-19H,4,14-15,20H2,1-3H3. The zero-order valence-electron chi connectivity index (χ0n) is 23.3. The number of rotatable bonds is 9. The van der Waals surface area contributed by atoms with Crippen molar-refractivity contribution in [2.75, 3.05) is 7.11 Å². The fraction of sp³-hybridized carbons (Fsp3) is 0.229. The lowest BCUT2D eigenvalue weighted by atomic mass is 9.89. The third-order valence-corrected chi connectivity index (χ3v) is 8.11. The van der Waals surface area contributed by atoms with E-state index < -0.39 is 0 Å². The van der Waals surface area contributed by atoms with Crippen LogP contribution in [0.3, 0.4) is 0 Å². The zero-order valence-corrected chi connectivity index (χ0v) is 23.3. The lowest BCUT2D eigenvalue weighted by molar-refractivity contribution is 0.0963. The van der Waals surface area contributed by atoms with Crippen molar-refractivity contribution in [3.63, 3.8) is 0 Å². The third-order valence-electron chi connectivity index (χ3n) is 8.11. The Labute approximate surface area is 238 Å². The maximum Gasteiger partial charge on any atom is 0.167 e. The Bertz CT molecular complexity index is 1780. The highest BCUT2D eigenvalue weighted by Gasteiger charge is 2.47. The fourth-order valence-corrected chi connectivity index (χ4v) is 5.66. The van der Waals surface area contributed by atoms with Gasteiger partial charge in [-0.3, -0.25) is 14.6 Å². The smallest absolute Gasteiger partial charge is 0.167 e. The maximum atomic E-state index is 13.7. The first-order valence-electron chi connectivity index (χ1n) is 13.8. The minimum Gasteiger partial charge on any atom is -0.496 e. The Kier molecular flexibility index (Phi) is 6.78. The predicted molar refractivity (Wildman–Crippen MR) is 157 cm³/mol. The van der Waals surface area contributed by atoms with Crippen molar-refractivity contribution >= 4 is 22.5 Å². The number of carbonyl (C=O) groups excluding carboxylic acids is 2. The first-order valence-corrected chi connectivity index (χ1v) is 13.8. The van der Waals surface area contributed by atoms with E-state index in [1.165, 1.54) is 12.1 Å². The molecule has 2 aromatic heterocycles. The number of ether oxygens (including phenoxy) is 1. The van der Waals surface area contributed by atoms with E-state index in [0.29, 0.717) is 52.0 Å². The highest BCUT2D eigenvalue weighted by Crippen LogP contribution is 2.51. The van der Waals surface area contributed by atoms with Gasteiger partial charge in [0.25, 0.3) is 0 Å². The molecule has 5 aromatic rings. The van der Waals surface area contributed by atoms with Crippen LogP contribution in [0, 0.1) is 12.7 Å². The van der Waals surface area contributed by atoms with Crippen LogP contribution in [0.25, 0.3) is 33.4 Å². The number of ketones is 2. The second kappa shape index (κ2) is 10.4. The van der Waals surface area contributed by atoms with Gasteiger partial charge in [-0.25, -0.2) is 4.39 Å². The first kappa shape index (κ1) is 26.6. The van der Waals surface area contributed by atoms with Gasteiger partial charge < -0.3 is 9.15 Å². The minimum atomic E-state index is -0.358. The average Bonchev–Trinajstić information content (AvgIpc) is 3.68. The summed E-state index contributed by atoms with van der Waals surface area (Å²) in [5, 5.41) is 0.684. The second-order valence-corrected chi connectivity index (χ2v) is 10.8. The molecule has 0 unspecified atom stereocenters. The number of aryl methyl sites for hydroxylation is 1. The summed E-state index contributed by atoms with van der Waals surface area (Å²) in [5.41, 5.74) is 5.60. The van der Waals surface area contributed by atoms with Crippen molar-refractivity contribution in [1.82, 2.24) is 4.98 Å². The third kappa shape index (κ3) is 4.84. The molecular weight excluding hydrogens is 517 g/mol. The Morgan fingerprint density at radius 1 is 0.976 bits per heavy atom. The van der Waals surface area contributed by atoms with Crippen LogP contribution in [0.2, 0.25) is 0 Å². The fourth-order valence-electron chi connectivity index (χ4n) is 5.66. The Morgan fingerprint density at radius 2 is 1.73 bits per heavy atom. The van der Waals surface area contributed by atoms with Gasteiger partial charge in [0.2, 0.25) is 0 Å². The zero-order chi connectivity index (χ0) is 28.7. The van der Waals surface area contributed by atoms with Gasteiger partial charge >= 0.3 is 0 Å². The van der Waals surface area contributed by atoms with Crippen molar-refractivity contribution in [3.05, 3.63) is 107 Å². The Morgan fingerprint density at radius 3 is 2.39 bits per heavy atom. The van der Waals surface area contributed by atoms with Gasteiger partial charge in [0, 0.05) is 41.1 Å². The van der Waals surface area contributed by atoms with E-state index in [9.17, 15) is 14.0 Å². The number of aromatic nitrogens is 1. The molecule has 0 N–H and O–H groups in total. The number of fused-ring (bicyclic) bond motifs is 1. The molecule has 1 aliphatic rings. The number of benzene rings is 3. The topological polar surface area (TPSA) is 69.4 Å². The van der Waals surface area contributed by atoms with Gasteiger partial charge in [-0.2, -0.15) is 0 Å². The lowest BCUT2D eigenvalue weighted by Crippen LogP contribution is -2.16. The van der Waals surface area contributed by atoms with E-state index in [4.69, 9.17) is 9.15 Å². The molecule has 1 saturated carbocycles. The molecule has 0 amide bonds. The molecule has 5 nitrogen and oxygen atoms in total. The van der Waals surface area contributed by atoms with E-state index >= 15 is 0 Å². The summed E-state index contributed by atoms with van der Waals surface area (Å²) in [6.45, 7) is 3.78. The normalized spacial score (nSPS) is 13.8. The van der Waals surface area contributed by atoms with E-state index in [1.54, 1.807) is 25.4 Å². The molecule has 0 saturated heterocycles. The monoisotopic (exact) mass is 547 g/mol. The number of Topliss-reactive ketones (excluding diaryl/α,β-unsaturated/α-hetero) is 2. The van der Waals surface area contributed by atoms with Gasteiger partial charge in [0.15, 0.2) is 11.6 Å². The summed E-state index contributed by atoms with van der Waals surface area (Å²) in [4.78, 5) is 31.4. The lowest BCUT2D eigenvalue weighted by Gasteiger charge is -2.17. The molecule has 0 bridgehead atoms. The second-order valence-electron chi connectivity index (χ2n) is 10.8. The molecule has 0 radical (unpaired) electrons. The van der Waals surface area contributed by atoms with Crippen LogP contribution in [0.4, 0.5) is 4.39 Å². The highest BCUT2D eigenvalue weighted by atomic mass is 19.1. The summed E-state index contributed by atoms with van der Waals surface area (Å²) >= 11 is 0. The molecule has 1 aliphatic carbocycles. The largest absolute Gasteiger partial charge is 0.496 e. The van der Waals surface area contributed by atoms with Crippen LogP contribution >= 0.6 is 0 Å². The summed E-state index contributed by atoms with van der Waals surface area (Å²) < 4.78 is 25.4. The summed E-state index contributed by atoms with van der Waals surface area (Å²) in [7, 11) is 1.58. The van der Waals surface area contributed by atoms with Crippen LogP contribution in [-0.2, 0) is 5.41 Å². The van der Waals surface area contributed by atoms with Crippen LogP contribution in [-0.4, -0.2) is 23.7 Å². The highest BCUT2D eigenvalue weighted by molar-refractivity contribution is 6.13. The van der Waals surface area contributed by atoms with Crippen molar-refractivity contribution in [2.24, 2.45) is 0 Å². The molecule has 0 spiro atoms. The quantitative estimate of drug-likeness (QED) is 0.173. The van der Waals surface area contributed by atoms with Gasteiger partial charge in [-0.05, 0) is 97.1 Å². The molecule has 1 fully saturated rings. The number of furan rings is 1. The van der Waals surface area contributed by atoms with Crippen molar-refractivity contribution in [1.29, 1.82) is 0 Å². The summed E-state index contributed by atoms with van der Waals surface area (Å²) in [5.74, 6) is 0.555. The molecular formula is C35H30FNO4. The van der Waals surface area contributed by atoms with E-state index in [0.717, 1.165) is 35.2 Å². The van der Waals surface area contributed by atoms with E-state index in [1.807, 2.05) is 62.4 Å². The van der Waals surface area contributed by atoms with Gasteiger partial charge in [-0.15, -0.1) is 0 Å². The SMILES string of the molecule is CCC(=O)c1c(-c2ccc(F)cc2)oc2ccc(-c3cc(C(=O)CC4(c5ccccn5)CC4)c(OC)cc3C)cc12.